The normalized spacial score (nSPS) is 30.8. The predicted octanol–water partition coefficient (Wildman–Crippen LogP) is 2.47. The molecule has 4 fully saturated rings. The second kappa shape index (κ2) is 7.17. The van der Waals surface area contributed by atoms with Crippen LogP contribution >= 0.6 is 0 Å². The summed E-state index contributed by atoms with van der Waals surface area (Å²) in [5, 5.41) is 3.18. The van der Waals surface area contributed by atoms with Gasteiger partial charge in [0.2, 0.25) is 0 Å². The van der Waals surface area contributed by atoms with E-state index in [9.17, 15) is 18.0 Å². The highest BCUT2D eigenvalue weighted by molar-refractivity contribution is 7.89. The Bertz CT molecular complexity index is 857. The molecule has 0 aromatic heterocycles. The zero-order chi connectivity index (χ0) is 19.9. The number of hydrogen-bond acceptors (Lipinski definition) is 5. The Hall–Kier alpha value is -1.89. The Balaban J connectivity index is 1.33. The van der Waals surface area contributed by atoms with Crippen molar-refractivity contribution in [3.05, 3.63) is 35.4 Å². The second-order valence-corrected chi connectivity index (χ2v) is 11.2. The summed E-state index contributed by atoms with van der Waals surface area (Å²) in [6, 6.07) is 6.33. The number of nitrogens with one attached hydrogen (secondary N) is 1. The number of rotatable bonds is 6. The van der Waals surface area contributed by atoms with Gasteiger partial charge >= 0.3 is 5.97 Å². The number of benzene rings is 1. The van der Waals surface area contributed by atoms with Gasteiger partial charge in [0.15, 0.2) is 16.4 Å². The van der Waals surface area contributed by atoms with Gasteiger partial charge in [-0.25, -0.2) is 13.2 Å². The maximum atomic E-state index is 12.5. The van der Waals surface area contributed by atoms with E-state index in [4.69, 9.17) is 4.74 Å². The van der Waals surface area contributed by atoms with Crippen molar-refractivity contribution in [1.82, 2.24) is 5.32 Å². The molecule has 0 unspecified atom stereocenters. The first-order valence-electron chi connectivity index (χ1n) is 9.94. The van der Waals surface area contributed by atoms with Crippen molar-refractivity contribution in [1.29, 1.82) is 0 Å². The first kappa shape index (κ1) is 19.4. The molecule has 0 radical (unpaired) electrons. The average molecular weight is 406 g/mol. The van der Waals surface area contributed by atoms with Crippen molar-refractivity contribution in [2.75, 3.05) is 12.9 Å². The Morgan fingerprint density at radius 1 is 1.11 bits per heavy atom. The zero-order valence-electron chi connectivity index (χ0n) is 16.1. The number of amides is 1. The smallest absolute Gasteiger partial charge is 0.338 e. The van der Waals surface area contributed by atoms with Crippen molar-refractivity contribution >= 4 is 21.7 Å². The third-order valence-corrected chi connectivity index (χ3v) is 7.23. The summed E-state index contributed by atoms with van der Waals surface area (Å²) in [6.07, 6.45) is 8.19. The lowest BCUT2D eigenvalue weighted by molar-refractivity contribution is -0.130. The molecular formula is C21H27NO5S. The van der Waals surface area contributed by atoms with Gasteiger partial charge in [-0.3, -0.25) is 4.79 Å². The van der Waals surface area contributed by atoms with Crippen LogP contribution in [-0.4, -0.2) is 38.7 Å². The average Bonchev–Trinajstić information content (AvgIpc) is 2.56. The maximum absolute atomic E-state index is 12.5. The van der Waals surface area contributed by atoms with E-state index in [1.54, 1.807) is 18.2 Å². The summed E-state index contributed by atoms with van der Waals surface area (Å²) < 4.78 is 28.0. The van der Waals surface area contributed by atoms with Crippen LogP contribution in [0.3, 0.4) is 0 Å². The Morgan fingerprint density at radius 2 is 1.71 bits per heavy atom. The van der Waals surface area contributed by atoms with Crippen molar-refractivity contribution in [2.45, 2.75) is 49.8 Å². The van der Waals surface area contributed by atoms with Gasteiger partial charge in [0.05, 0.1) is 11.3 Å². The van der Waals surface area contributed by atoms with Crippen LogP contribution in [0.1, 0.15) is 54.4 Å². The van der Waals surface area contributed by atoms with Crippen LogP contribution in [0.2, 0.25) is 0 Å². The number of carbonyl (C=O) groups is 2. The molecule has 1 N–H and O–H groups in total. The molecule has 0 atom stereocenters. The van der Waals surface area contributed by atoms with E-state index in [-0.39, 0.29) is 29.4 Å². The van der Waals surface area contributed by atoms with Gasteiger partial charge in [-0.05, 0) is 74.0 Å². The lowest BCUT2D eigenvalue weighted by Crippen LogP contribution is -2.60. The maximum Gasteiger partial charge on any atom is 0.338 e. The minimum absolute atomic E-state index is 0.104. The molecule has 152 valence electrons. The van der Waals surface area contributed by atoms with E-state index in [0.717, 1.165) is 43.3 Å². The van der Waals surface area contributed by atoms with Crippen LogP contribution in [-0.2, 0) is 25.1 Å². The van der Waals surface area contributed by atoms with E-state index < -0.39 is 15.8 Å². The Kier molecular flexibility index (Phi) is 4.98. The molecule has 0 aliphatic heterocycles. The van der Waals surface area contributed by atoms with Gasteiger partial charge < -0.3 is 10.1 Å². The second-order valence-electron chi connectivity index (χ2n) is 9.09. The van der Waals surface area contributed by atoms with Crippen LogP contribution in [0.15, 0.2) is 24.3 Å². The number of ether oxygens (including phenoxy) is 1. The van der Waals surface area contributed by atoms with Crippen molar-refractivity contribution < 1.29 is 22.7 Å². The predicted molar refractivity (Wildman–Crippen MR) is 104 cm³/mol. The van der Waals surface area contributed by atoms with Crippen LogP contribution in [0.25, 0.3) is 0 Å². The van der Waals surface area contributed by atoms with Gasteiger partial charge in [0, 0.05) is 11.8 Å². The van der Waals surface area contributed by atoms with Gasteiger partial charge in [-0.1, -0.05) is 12.1 Å². The number of sulfone groups is 1. The molecule has 0 spiro atoms. The molecule has 4 aliphatic rings. The molecular weight excluding hydrogens is 378 g/mol. The van der Waals surface area contributed by atoms with Gasteiger partial charge in [-0.2, -0.15) is 0 Å². The number of hydrogen-bond donors (Lipinski definition) is 1. The highest BCUT2D eigenvalue weighted by Crippen LogP contribution is 2.55. The van der Waals surface area contributed by atoms with Crippen LogP contribution in [0.5, 0.6) is 0 Å². The monoisotopic (exact) mass is 405 g/mol. The van der Waals surface area contributed by atoms with Crippen LogP contribution in [0.4, 0.5) is 0 Å². The third kappa shape index (κ3) is 4.40. The van der Waals surface area contributed by atoms with E-state index in [1.807, 2.05) is 0 Å². The molecule has 0 heterocycles. The summed E-state index contributed by atoms with van der Waals surface area (Å²) in [4.78, 5) is 24.7. The summed E-state index contributed by atoms with van der Waals surface area (Å²) in [5.41, 5.74) is 0.673. The highest BCUT2D eigenvalue weighted by atomic mass is 32.2. The molecule has 1 aromatic rings. The summed E-state index contributed by atoms with van der Waals surface area (Å²) in [7, 11) is -3.19. The fourth-order valence-electron chi connectivity index (χ4n) is 5.90. The lowest BCUT2D eigenvalue weighted by Gasteiger charge is -2.56. The lowest BCUT2D eigenvalue weighted by atomic mass is 9.53. The standard InChI is InChI=1S/C21H27NO5S/c1-28(25,26)13-14-3-2-4-18(8-14)20(24)27-12-19(23)22-21-9-15-5-16(10-21)7-17(6-15)11-21/h2-4,8,15-17H,5-7,9-13H2,1H3,(H,22,23). The van der Waals surface area contributed by atoms with E-state index >= 15 is 0 Å². The Morgan fingerprint density at radius 3 is 2.29 bits per heavy atom. The summed E-state index contributed by atoms with van der Waals surface area (Å²) in [6.45, 7) is -0.309. The molecule has 1 amide bonds. The summed E-state index contributed by atoms with van der Waals surface area (Å²) >= 11 is 0. The van der Waals surface area contributed by atoms with Gasteiger partial charge in [-0.15, -0.1) is 0 Å². The van der Waals surface area contributed by atoms with Crippen molar-refractivity contribution in [3.63, 3.8) is 0 Å². The SMILES string of the molecule is CS(=O)(=O)Cc1cccc(C(=O)OCC(=O)NC23CC4CC(CC(C4)C2)C3)c1. The molecule has 4 saturated carbocycles. The molecule has 7 heteroatoms. The molecule has 0 saturated heterocycles. The largest absolute Gasteiger partial charge is 0.452 e. The van der Waals surface area contributed by atoms with Crippen molar-refractivity contribution in [3.8, 4) is 0 Å². The van der Waals surface area contributed by atoms with Crippen molar-refractivity contribution in [2.24, 2.45) is 17.8 Å². The first-order chi connectivity index (χ1) is 13.2. The van der Waals surface area contributed by atoms with Crippen LogP contribution in [0, 0.1) is 17.8 Å². The van der Waals surface area contributed by atoms with E-state index in [2.05, 4.69) is 5.32 Å². The number of carbonyl (C=O) groups excluding carboxylic acids is 2. The minimum atomic E-state index is -3.19. The molecule has 6 nitrogen and oxygen atoms in total. The van der Waals surface area contributed by atoms with E-state index in [1.165, 1.54) is 25.3 Å². The molecule has 4 aliphatic carbocycles. The van der Waals surface area contributed by atoms with Gasteiger partial charge in [0.1, 0.15) is 0 Å². The number of esters is 1. The topological polar surface area (TPSA) is 89.5 Å². The van der Waals surface area contributed by atoms with Gasteiger partial charge in [0.25, 0.3) is 5.91 Å². The molecule has 1 aromatic carbocycles. The van der Waals surface area contributed by atoms with Crippen LogP contribution < -0.4 is 5.32 Å². The minimum Gasteiger partial charge on any atom is -0.452 e. The third-order valence-electron chi connectivity index (χ3n) is 6.37. The fraction of sp³-hybridized carbons (Fsp3) is 0.619. The Labute approximate surface area is 165 Å². The molecule has 28 heavy (non-hydrogen) atoms. The zero-order valence-corrected chi connectivity index (χ0v) is 17.0. The first-order valence-corrected chi connectivity index (χ1v) is 12.0. The fourth-order valence-corrected chi connectivity index (χ4v) is 6.69. The molecule has 5 rings (SSSR count). The quantitative estimate of drug-likeness (QED) is 0.735. The highest BCUT2D eigenvalue weighted by Gasteiger charge is 2.51. The van der Waals surface area contributed by atoms with E-state index in [0.29, 0.717) is 5.56 Å². The summed E-state index contributed by atoms with van der Waals surface area (Å²) in [5.74, 6) is 1.18. The molecule has 4 bridgehead atoms.